The Bertz CT molecular complexity index is 1000. The van der Waals surface area contributed by atoms with E-state index >= 15 is 0 Å². The van der Waals surface area contributed by atoms with Crippen LogP contribution in [0.4, 0.5) is 11.4 Å². The van der Waals surface area contributed by atoms with E-state index in [0.717, 1.165) is 18.9 Å². The molecule has 2 heterocycles. The molecule has 2 aromatic carbocycles. The predicted octanol–water partition coefficient (Wildman–Crippen LogP) is 6.54. The van der Waals surface area contributed by atoms with Crippen LogP contribution in [-0.2, 0) is 16.0 Å². The number of fused-ring (bicyclic) bond motifs is 1. The third-order valence-corrected chi connectivity index (χ3v) is 9.53. The standard InChI is InChI=1S/C29H38N2O3S/c1-30-26(23-8-4-2-5-9-23)21-31(24-10-6-3-7-11-24)25-13-12-22(20-27(25)35-30)14-15-29(28(32)33)16-18-34-19-17-29/h3,6-7,10-13,20,23,26H,2,4-5,8-9,14-19,21H2,1H3,(H,32,33)/t26-/m0/s1. The molecule has 0 aromatic heterocycles. The number of ether oxygens (including phenoxy) is 1. The summed E-state index contributed by atoms with van der Waals surface area (Å²) in [6, 6.07) is 18.0. The molecule has 0 radical (unpaired) electrons. The average Bonchev–Trinajstić information content (AvgIpc) is 3.04. The number of benzene rings is 2. The van der Waals surface area contributed by atoms with Gasteiger partial charge in [-0.3, -0.25) is 4.79 Å². The number of aryl methyl sites for hydroxylation is 1. The van der Waals surface area contributed by atoms with Gasteiger partial charge < -0.3 is 14.7 Å². The lowest BCUT2D eigenvalue weighted by Gasteiger charge is -2.37. The van der Waals surface area contributed by atoms with Gasteiger partial charge in [0.05, 0.1) is 11.1 Å². The first-order valence-corrected chi connectivity index (χ1v) is 14.0. The lowest BCUT2D eigenvalue weighted by Crippen LogP contribution is -2.42. The molecule has 0 amide bonds. The molecule has 2 aliphatic heterocycles. The van der Waals surface area contributed by atoms with Gasteiger partial charge in [-0.25, -0.2) is 4.31 Å². The van der Waals surface area contributed by atoms with E-state index in [1.165, 1.54) is 53.9 Å². The smallest absolute Gasteiger partial charge is 0.309 e. The molecule has 35 heavy (non-hydrogen) atoms. The van der Waals surface area contributed by atoms with Crippen molar-refractivity contribution in [3.8, 4) is 0 Å². The molecule has 5 rings (SSSR count). The van der Waals surface area contributed by atoms with Crippen LogP contribution >= 0.6 is 11.9 Å². The number of nitrogens with zero attached hydrogens (tertiary/aromatic N) is 2. The van der Waals surface area contributed by atoms with Crippen LogP contribution in [0.25, 0.3) is 0 Å². The first-order chi connectivity index (χ1) is 17.1. The summed E-state index contributed by atoms with van der Waals surface area (Å²) in [7, 11) is 2.26. The van der Waals surface area contributed by atoms with Gasteiger partial charge >= 0.3 is 5.97 Å². The summed E-state index contributed by atoms with van der Waals surface area (Å²) in [4.78, 5) is 15.9. The van der Waals surface area contributed by atoms with Crippen molar-refractivity contribution in [2.75, 3.05) is 31.7 Å². The Morgan fingerprint density at radius 3 is 2.54 bits per heavy atom. The highest BCUT2D eigenvalue weighted by Gasteiger charge is 2.40. The number of aliphatic carboxylic acids is 1. The Labute approximate surface area is 214 Å². The van der Waals surface area contributed by atoms with E-state index in [1.54, 1.807) is 0 Å². The summed E-state index contributed by atoms with van der Waals surface area (Å²) in [6.07, 6.45) is 9.36. The van der Waals surface area contributed by atoms with Crippen molar-refractivity contribution < 1.29 is 14.6 Å². The summed E-state index contributed by atoms with van der Waals surface area (Å²) < 4.78 is 7.96. The number of anilines is 2. The SMILES string of the molecule is CN1Sc2cc(CCC3(C(=O)O)CCOCC3)ccc2N(c2ccccc2)C[C@H]1C1CCCCC1. The molecule has 188 valence electrons. The normalized spacial score (nSPS) is 23.5. The van der Waals surface area contributed by atoms with Crippen molar-refractivity contribution in [2.24, 2.45) is 11.3 Å². The quantitative estimate of drug-likeness (QED) is 0.460. The van der Waals surface area contributed by atoms with Crippen LogP contribution in [0.2, 0.25) is 0 Å². The molecular formula is C29H38N2O3S. The highest BCUT2D eigenvalue weighted by molar-refractivity contribution is 7.97. The maximum absolute atomic E-state index is 12.1. The molecule has 0 spiro atoms. The number of para-hydroxylation sites is 1. The second-order valence-electron chi connectivity index (χ2n) is 10.5. The third-order valence-electron chi connectivity index (χ3n) is 8.45. The monoisotopic (exact) mass is 494 g/mol. The molecule has 5 nitrogen and oxygen atoms in total. The molecule has 0 bridgehead atoms. The van der Waals surface area contributed by atoms with Crippen molar-refractivity contribution in [2.45, 2.75) is 68.7 Å². The summed E-state index contributed by atoms with van der Waals surface area (Å²) in [5, 5.41) is 9.97. The number of hydrogen-bond donors (Lipinski definition) is 1. The first-order valence-electron chi connectivity index (χ1n) is 13.2. The maximum Gasteiger partial charge on any atom is 0.309 e. The van der Waals surface area contributed by atoms with Gasteiger partial charge in [0, 0.05) is 36.4 Å². The second-order valence-corrected chi connectivity index (χ2v) is 11.7. The minimum atomic E-state index is -0.671. The molecule has 1 saturated heterocycles. The van der Waals surface area contributed by atoms with Gasteiger partial charge in [0.1, 0.15) is 0 Å². The second kappa shape index (κ2) is 10.9. The van der Waals surface area contributed by atoms with Crippen LogP contribution in [0.15, 0.2) is 53.4 Å². The lowest BCUT2D eigenvalue weighted by molar-refractivity contribution is -0.155. The highest BCUT2D eigenvalue weighted by atomic mass is 32.2. The molecule has 0 unspecified atom stereocenters. The van der Waals surface area contributed by atoms with Crippen molar-refractivity contribution >= 4 is 29.3 Å². The van der Waals surface area contributed by atoms with Crippen LogP contribution in [0, 0.1) is 11.3 Å². The van der Waals surface area contributed by atoms with Crippen molar-refractivity contribution in [3.63, 3.8) is 0 Å². The fraction of sp³-hybridized carbons (Fsp3) is 0.552. The van der Waals surface area contributed by atoms with E-state index < -0.39 is 11.4 Å². The van der Waals surface area contributed by atoms with Crippen LogP contribution in [0.3, 0.4) is 0 Å². The Kier molecular flexibility index (Phi) is 7.71. The van der Waals surface area contributed by atoms with Gasteiger partial charge in [-0.05, 0) is 93.3 Å². The zero-order valence-electron chi connectivity index (χ0n) is 20.8. The third kappa shape index (κ3) is 5.40. The van der Waals surface area contributed by atoms with Crippen LogP contribution in [0.5, 0.6) is 0 Å². The van der Waals surface area contributed by atoms with Crippen LogP contribution in [-0.4, -0.2) is 48.2 Å². The van der Waals surface area contributed by atoms with Gasteiger partial charge in [0.25, 0.3) is 0 Å². The van der Waals surface area contributed by atoms with E-state index in [9.17, 15) is 9.90 Å². The van der Waals surface area contributed by atoms with Crippen LogP contribution in [0.1, 0.15) is 56.9 Å². The number of carbonyl (C=O) groups is 1. The average molecular weight is 495 g/mol. The fourth-order valence-electron chi connectivity index (χ4n) is 6.17. The highest BCUT2D eigenvalue weighted by Crippen LogP contribution is 2.44. The van der Waals surface area contributed by atoms with E-state index in [4.69, 9.17) is 4.74 Å². The number of rotatable bonds is 6. The largest absolute Gasteiger partial charge is 0.481 e. The van der Waals surface area contributed by atoms with Gasteiger partial charge in [0.15, 0.2) is 0 Å². The molecule has 2 aromatic rings. The molecule has 1 N–H and O–H groups in total. The Morgan fingerprint density at radius 2 is 1.83 bits per heavy atom. The molecular weight excluding hydrogens is 456 g/mol. The summed E-state index contributed by atoms with van der Waals surface area (Å²) in [6.45, 7) is 2.09. The van der Waals surface area contributed by atoms with E-state index in [1.807, 2.05) is 11.9 Å². The Balaban J connectivity index is 1.42. The molecule has 3 aliphatic rings. The maximum atomic E-state index is 12.1. The molecule has 1 saturated carbocycles. The Morgan fingerprint density at radius 1 is 1.09 bits per heavy atom. The number of carboxylic acid groups (broad SMARTS) is 1. The van der Waals surface area contributed by atoms with E-state index in [0.29, 0.717) is 38.5 Å². The summed E-state index contributed by atoms with van der Waals surface area (Å²) >= 11 is 1.87. The minimum absolute atomic E-state index is 0.494. The fourth-order valence-corrected chi connectivity index (χ4v) is 7.33. The van der Waals surface area contributed by atoms with Crippen molar-refractivity contribution in [3.05, 3.63) is 54.1 Å². The van der Waals surface area contributed by atoms with Gasteiger partial charge in [-0.15, -0.1) is 0 Å². The molecule has 1 aliphatic carbocycles. The summed E-state index contributed by atoms with van der Waals surface area (Å²) in [5.41, 5.74) is 3.07. The number of likely N-dealkylation sites (N-methyl/N-ethyl adjacent to an activating group) is 1. The first kappa shape index (κ1) is 24.7. The van der Waals surface area contributed by atoms with E-state index in [2.05, 4.69) is 64.8 Å². The number of hydrogen-bond acceptors (Lipinski definition) is 5. The van der Waals surface area contributed by atoms with Gasteiger partial charge in [-0.1, -0.05) is 43.5 Å². The van der Waals surface area contributed by atoms with Crippen molar-refractivity contribution in [1.29, 1.82) is 0 Å². The number of carboxylic acids is 1. The molecule has 6 heteroatoms. The molecule has 2 fully saturated rings. The topological polar surface area (TPSA) is 53.0 Å². The Hall–Kier alpha value is -2.02. The molecule has 1 atom stereocenters. The zero-order valence-corrected chi connectivity index (χ0v) is 21.6. The van der Waals surface area contributed by atoms with Gasteiger partial charge in [-0.2, -0.15) is 0 Å². The minimum Gasteiger partial charge on any atom is -0.481 e. The van der Waals surface area contributed by atoms with Gasteiger partial charge in [0.2, 0.25) is 0 Å². The van der Waals surface area contributed by atoms with E-state index in [-0.39, 0.29) is 0 Å². The van der Waals surface area contributed by atoms with Crippen LogP contribution < -0.4 is 4.90 Å². The summed E-state index contributed by atoms with van der Waals surface area (Å²) in [5.74, 6) is 0.0560. The zero-order chi connectivity index (χ0) is 24.3. The van der Waals surface area contributed by atoms with Crippen molar-refractivity contribution in [1.82, 2.24) is 4.31 Å². The predicted molar refractivity (Wildman–Crippen MR) is 142 cm³/mol. The lowest BCUT2D eigenvalue weighted by atomic mass is 9.76.